The second-order valence-electron chi connectivity index (χ2n) is 4.45. The summed E-state index contributed by atoms with van der Waals surface area (Å²) >= 11 is 7.38. The van der Waals surface area contributed by atoms with Gasteiger partial charge in [-0.05, 0) is 31.4 Å². The maximum absolute atomic E-state index is 11.9. The highest BCUT2D eigenvalue weighted by Gasteiger charge is 2.25. The lowest BCUT2D eigenvalue weighted by Gasteiger charge is -2.31. The molecule has 0 fully saturated rings. The second-order valence-corrected chi connectivity index (χ2v) is 6.25. The van der Waals surface area contributed by atoms with Crippen LogP contribution in [-0.4, -0.2) is 18.0 Å². The van der Waals surface area contributed by atoms with Crippen LogP contribution < -0.4 is 11.1 Å². The summed E-state index contributed by atoms with van der Waals surface area (Å²) in [6.07, 6.45) is 2.93. The van der Waals surface area contributed by atoms with E-state index in [9.17, 15) is 4.79 Å². The van der Waals surface area contributed by atoms with Crippen LogP contribution in [0, 0.1) is 0 Å². The topological polar surface area (TPSA) is 55.1 Å². The van der Waals surface area contributed by atoms with Crippen molar-refractivity contribution in [3.05, 3.63) is 21.3 Å². The van der Waals surface area contributed by atoms with E-state index in [0.29, 0.717) is 13.0 Å². The van der Waals surface area contributed by atoms with Gasteiger partial charge in [-0.25, -0.2) is 0 Å². The molecule has 0 atom stereocenters. The maximum atomic E-state index is 11.9. The van der Waals surface area contributed by atoms with Gasteiger partial charge >= 0.3 is 0 Å². The van der Waals surface area contributed by atoms with Gasteiger partial charge in [0.25, 0.3) is 0 Å². The summed E-state index contributed by atoms with van der Waals surface area (Å²) in [7, 11) is 0. The summed E-state index contributed by atoms with van der Waals surface area (Å²) in [5.74, 6) is 0.0636. The summed E-state index contributed by atoms with van der Waals surface area (Å²) in [6.45, 7) is 4.59. The first-order valence-corrected chi connectivity index (χ1v) is 7.50. The quantitative estimate of drug-likeness (QED) is 0.810. The molecular formula is C13H21ClN2OS. The van der Waals surface area contributed by atoms with Crippen molar-refractivity contribution in [1.29, 1.82) is 0 Å². The Labute approximate surface area is 118 Å². The number of nitrogens with one attached hydrogen (secondary N) is 1. The Bertz CT molecular complexity index is 380. The lowest BCUT2D eigenvalue weighted by Crippen LogP contribution is -2.52. The van der Waals surface area contributed by atoms with Crippen LogP contribution in [0.5, 0.6) is 0 Å². The molecule has 0 aliphatic heterocycles. The van der Waals surface area contributed by atoms with Crippen LogP contribution in [-0.2, 0) is 11.2 Å². The number of hydrogen-bond donors (Lipinski definition) is 2. The van der Waals surface area contributed by atoms with Crippen molar-refractivity contribution < 1.29 is 4.79 Å². The van der Waals surface area contributed by atoms with E-state index in [1.165, 1.54) is 11.3 Å². The zero-order valence-corrected chi connectivity index (χ0v) is 12.5. The molecule has 0 bridgehead atoms. The molecule has 3 nitrogen and oxygen atoms in total. The van der Waals surface area contributed by atoms with Crippen molar-refractivity contribution in [3.63, 3.8) is 0 Å². The van der Waals surface area contributed by atoms with Crippen molar-refractivity contribution in [2.45, 2.75) is 45.1 Å². The number of amides is 1. The largest absolute Gasteiger partial charge is 0.349 e. The fourth-order valence-corrected chi connectivity index (χ4v) is 2.93. The van der Waals surface area contributed by atoms with Gasteiger partial charge in [-0.1, -0.05) is 25.4 Å². The number of hydrogen-bond acceptors (Lipinski definition) is 3. The van der Waals surface area contributed by atoms with Gasteiger partial charge in [0.2, 0.25) is 5.91 Å². The van der Waals surface area contributed by atoms with Crippen LogP contribution in [0.15, 0.2) is 12.1 Å². The Hall–Kier alpha value is -0.580. The zero-order chi connectivity index (χ0) is 13.6. The number of halogens is 1. The van der Waals surface area contributed by atoms with E-state index in [1.54, 1.807) is 0 Å². The van der Waals surface area contributed by atoms with Gasteiger partial charge in [0, 0.05) is 17.8 Å². The molecule has 1 heterocycles. The highest BCUT2D eigenvalue weighted by molar-refractivity contribution is 7.16. The second kappa shape index (κ2) is 7.12. The Morgan fingerprint density at radius 2 is 2.11 bits per heavy atom. The number of carbonyl (C=O) groups is 1. The van der Waals surface area contributed by atoms with Crippen LogP contribution in [0.4, 0.5) is 0 Å². The fraction of sp³-hybridized carbons (Fsp3) is 0.615. The van der Waals surface area contributed by atoms with E-state index in [4.69, 9.17) is 17.3 Å². The first kappa shape index (κ1) is 15.5. The van der Waals surface area contributed by atoms with Gasteiger partial charge < -0.3 is 11.1 Å². The number of carbonyl (C=O) groups excluding carboxylic acids is 1. The average molecular weight is 289 g/mol. The highest BCUT2D eigenvalue weighted by atomic mass is 35.5. The van der Waals surface area contributed by atoms with E-state index in [2.05, 4.69) is 19.2 Å². The van der Waals surface area contributed by atoms with Gasteiger partial charge in [0.15, 0.2) is 0 Å². The number of rotatable bonds is 7. The summed E-state index contributed by atoms with van der Waals surface area (Å²) in [4.78, 5) is 13.1. The molecule has 0 aromatic carbocycles. The molecule has 5 heteroatoms. The molecule has 1 aromatic heterocycles. The third-order valence-electron chi connectivity index (χ3n) is 3.38. The van der Waals surface area contributed by atoms with E-state index >= 15 is 0 Å². The Morgan fingerprint density at radius 3 is 2.56 bits per heavy atom. The van der Waals surface area contributed by atoms with Crippen molar-refractivity contribution >= 4 is 28.8 Å². The van der Waals surface area contributed by atoms with Gasteiger partial charge in [-0.15, -0.1) is 11.3 Å². The van der Waals surface area contributed by atoms with E-state index in [1.807, 2.05) is 12.1 Å². The van der Waals surface area contributed by atoms with Crippen LogP contribution in [0.2, 0.25) is 4.34 Å². The van der Waals surface area contributed by atoms with Gasteiger partial charge in [0.05, 0.1) is 9.88 Å². The summed E-state index contributed by atoms with van der Waals surface area (Å²) in [5.41, 5.74) is 5.51. The molecule has 0 saturated heterocycles. The molecule has 102 valence electrons. The molecule has 0 radical (unpaired) electrons. The minimum absolute atomic E-state index is 0.0636. The molecule has 0 aliphatic carbocycles. The lowest BCUT2D eigenvalue weighted by molar-refractivity contribution is -0.123. The normalized spacial score (nSPS) is 11.6. The smallest absolute Gasteiger partial charge is 0.220 e. The minimum atomic E-state index is -0.246. The summed E-state index contributed by atoms with van der Waals surface area (Å²) in [6, 6.07) is 3.83. The Balaban J connectivity index is 2.46. The van der Waals surface area contributed by atoms with E-state index < -0.39 is 0 Å². The molecular weight excluding hydrogens is 268 g/mol. The maximum Gasteiger partial charge on any atom is 0.220 e. The third kappa shape index (κ3) is 4.26. The highest BCUT2D eigenvalue weighted by Crippen LogP contribution is 2.22. The van der Waals surface area contributed by atoms with Crippen LogP contribution in [0.25, 0.3) is 0 Å². The van der Waals surface area contributed by atoms with Crippen LogP contribution >= 0.6 is 22.9 Å². The van der Waals surface area contributed by atoms with Crippen molar-refractivity contribution in [3.8, 4) is 0 Å². The molecule has 1 aromatic rings. The Kier molecular flexibility index (Phi) is 6.12. The first-order valence-electron chi connectivity index (χ1n) is 6.30. The fourth-order valence-electron chi connectivity index (χ4n) is 1.85. The average Bonchev–Trinajstić information content (AvgIpc) is 2.80. The molecule has 0 saturated carbocycles. The molecule has 18 heavy (non-hydrogen) atoms. The molecule has 1 amide bonds. The van der Waals surface area contributed by atoms with Crippen LogP contribution in [0.3, 0.4) is 0 Å². The zero-order valence-electron chi connectivity index (χ0n) is 11.0. The molecule has 0 unspecified atom stereocenters. The van der Waals surface area contributed by atoms with Crippen molar-refractivity contribution in [2.75, 3.05) is 6.54 Å². The molecule has 0 aliphatic rings. The molecule has 1 rings (SSSR count). The van der Waals surface area contributed by atoms with Crippen molar-refractivity contribution in [1.82, 2.24) is 5.32 Å². The SMILES string of the molecule is CCC(CC)(CN)NC(=O)CCc1ccc(Cl)s1. The molecule has 3 N–H and O–H groups in total. The Morgan fingerprint density at radius 1 is 1.44 bits per heavy atom. The number of aryl methyl sites for hydroxylation is 1. The third-order valence-corrected chi connectivity index (χ3v) is 4.67. The standard InChI is InChI=1S/C13H21ClN2OS/c1-3-13(4-2,9-15)16-12(17)8-6-10-5-7-11(14)18-10/h5,7H,3-4,6,8-9,15H2,1-2H3,(H,16,17). The van der Waals surface area contributed by atoms with Crippen LogP contribution in [0.1, 0.15) is 38.0 Å². The predicted molar refractivity (Wildman–Crippen MR) is 78.2 cm³/mol. The van der Waals surface area contributed by atoms with Gasteiger partial charge in [-0.3, -0.25) is 4.79 Å². The number of thiophene rings is 1. The molecule has 0 spiro atoms. The minimum Gasteiger partial charge on any atom is -0.349 e. The lowest BCUT2D eigenvalue weighted by atomic mass is 9.92. The monoisotopic (exact) mass is 288 g/mol. The first-order chi connectivity index (χ1) is 8.55. The summed E-state index contributed by atoms with van der Waals surface area (Å²) in [5, 5.41) is 3.06. The van der Waals surface area contributed by atoms with Crippen molar-refractivity contribution in [2.24, 2.45) is 5.73 Å². The van der Waals surface area contributed by atoms with E-state index in [0.717, 1.165) is 28.5 Å². The van der Waals surface area contributed by atoms with E-state index in [-0.39, 0.29) is 11.4 Å². The summed E-state index contributed by atoms with van der Waals surface area (Å²) < 4.78 is 0.767. The van der Waals surface area contributed by atoms with Gasteiger partial charge in [-0.2, -0.15) is 0 Å². The predicted octanol–water partition coefficient (Wildman–Crippen LogP) is 2.97. The van der Waals surface area contributed by atoms with Gasteiger partial charge in [0.1, 0.15) is 0 Å². The number of nitrogens with two attached hydrogens (primary N) is 1.